The molecule has 2 N–H and O–H groups in total. The summed E-state index contributed by atoms with van der Waals surface area (Å²) in [7, 11) is 0. The molecular weight excluding hydrogens is 299 g/mol. The zero-order chi connectivity index (χ0) is 15.1. The van der Waals surface area contributed by atoms with Gasteiger partial charge in [0.25, 0.3) is 5.91 Å². The molecule has 0 atom stereocenters. The first-order valence-electron chi connectivity index (χ1n) is 5.76. The normalized spacial score (nSPS) is 11.0. The number of hydrogen-bond acceptors (Lipinski definition) is 4. The van der Waals surface area contributed by atoms with Gasteiger partial charge < -0.3 is 5.11 Å². The number of nitrogens with one attached hydrogen (secondary N) is 1. The van der Waals surface area contributed by atoms with Crippen LogP contribution in [0.4, 0.5) is 4.39 Å². The van der Waals surface area contributed by atoms with Gasteiger partial charge in [-0.25, -0.2) is 13.9 Å². The van der Waals surface area contributed by atoms with Crippen molar-refractivity contribution >= 4 is 23.2 Å². The Bertz CT molecular complexity index is 878. The van der Waals surface area contributed by atoms with Gasteiger partial charge in [0.15, 0.2) is 5.65 Å². The lowest BCUT2D eigenvalue weighted by Crippen LogP contribution is -2.06. The van der Waals surface area contributed by atoms with Gasteiger partial charge in [0.1, 0.15) is 23.5 Å². The smallest absolute Gasteiger partial charge is 0.277 e. The second-order valence-corrected chi connectivity index (χ2v) is 4.65. The van der Waals surface area contributed by atoms with Gasteiger partial charge in [-0.1, -0.05) is 17.7 Å². The van der Waals surface area contributed by atoms with Crippen molar-refractivity contribution in [3.63, 3.8) is 0 Å². The average Bonchev–Trinajstić information content (AvgIpc) is 2.89. The lowest BCUT2D eigenvalue weighted by molar-refractivity contribution is 0.0990. The van der Waals surface area contributed by atoms with Crippen LogP contribution in [0.15, 0.2) is 30.6 Å². The SMILES string of the molecule is [NH]C(=O)c1c(O)cc(-c2ccc(Cl)c(F)c2)n2ncnc12. The quantitative estimate of drug-likeness (QED) is 0.786. The maximum absolute atomic E-state index is 13.6. The van der Waals surface area contributed by atoms with Gasteiger partial charge in [-0.05, 0) is 12.1 Å². The standard InChI is InChI=1S/C13H7ClFN4O2/c14-7-2-1-6(3-8(7)15)9-4-10(20)11(12(16)21)13-17-5-18-19(9)13/h1-5,16,20H. The van der Waals surface area contributed by atoms with Crippen LogP contribution in [0.25, 0.3) is 16.9 Å². The number of pyridine rings is 1. The summed E-state index contributed by atoms with van der Waals surface area (Å²) in [4.78, 5) is 15.1. The highest BCUT2D eigenvalue weighted by atomic mass is 35.5. The monoisotopic (exact) mass is 305 g/mol. The molecule has 3 rings (SSSR count). The van der Waals surface area contributed by atoms with Gasteiger partial charge in [-0.15, -0.1) is 0 Å². The maximum Gasteiger partial charge on any atom is 0.277 e. The van der Waals surface area contributed by atoms with Crippen molar-refractivity contribution in [3.05, 3.63) is 47.0 Å². The van der Waals surface area contributed by atoms with Gasteiger partial charge >= 0.3 is 0 Å². The number of hydrogen-bond donors (Lipinski definition) is 1. The van der Waals surface area contributed by atoms with Crippen molar-refractivity contribution in [1.82, 2.24) is 20.3 Å². The van der Waals surface area contributed by atoms with Crippen LogP contribution in [0.1, 0.15) is 10.4 Å². The first-order chi connectivity index (χ1) is 9.99. The van der Waals surface area contributed by atoms with E-state index in [4.69, 9.17) is 17.3 Å². The van der Waals surface area contributed by atoms with Gasteiger partial charge in [-0.2, -0.15) is 5.10 Å². The topological polar surface area (TPSA) is 91.3 Å². The molecule has 0 bridgehead atoms. The molecule has 0 fully saturated rings. The highest BCUT2D eigenvalue weighted by Gasteiger charge is 2.19. The van der Waals surface area contributed by atoms with Gasteiger partial charge in [0.05, 0.1) is 10.7 Å². The lowest BCUT2D eigenvalue weighted by Gasteiger charge is -2.09. The fourth-order valence-electron chi connectivity index (χ4n) is 2.04. The van der Waals surface area contributed by atoms with Crippen LogP contribution in [0.2, 0.25) is 5.02 Å². The molecule has 0 aliphatic heterocycles. The summed E-state index contributed by atoms with van der Waals surface area (Å²) in [5.74, 6) is -2.12. The third-order valence-electron chi connectivity index (χ3n) is 2.97. The Morgan fingerprint density at radius 3 is 2.81 bits per heavy atom. The van der Waals surface area contributed by atoms with E-state index in [2.05, 4.69) is 10.1 Å². The summed E-state index contributed by atoms with van der Waals surface area (Å²) in [6.45, 7) is 0. The number of fused-ring (bicyclic) bond motifs is 1. The number of carbonyl (C=O) groups excluding carboxylic acids is 1. The Labute approximate surface area is 122 Å². The fraction of sp³-hybridized carbons (Fsp3) is 0. The molecule has 0 saturated heterocycles. The third-order valence-corrected chi connectivity index (χ3v) is 3.28. The van der Waals surface area contributed by atoms with Crippen LogP contribution in [-0.2, 0) is 0 Å². The van der Waals surface area contributed by atoms with Gasteiger partial charge in [0.2, 0.25) is 0 Å². The number of amides is 1. The Morgan fingerprint density at radius 1 is 1.38 bits per heavy atom. The molecule has 2 aromatic heterocycles. The maximum atomic E-state index is 13.6. The predicted molar refractivity (Wildman–Crippen MR) is 72.5 cm³/mol. The molecule has 6 nitrogen and oxygen atoms in total. The van der Waals surface area contributed by atoms with Crippen molar-refractivity contribution in [3.8, 4) is 17.0 Å². The molecule has 0 spiro atoms. The summed E-state index contributed by atoms with van der Waals surface area (Å²) in [6.07, 6.45) is 1.18. The zero-order valence-corrected chi connectivity index (χ0v) is 11.1. The van der Waals surface area contributed by atoms with E-state index >= 15 is 0 Å². The van der Waals surface area contributed by atoms with Crippen molar-refractivity contribution < 1.29 is 14.3 Å². The molecule has 8 heteroatoms. The van der Waals surface area contributed by atoms with Crippen LogP contribution >= 0.6 is 11.6 Å². The Balaban J connectivity index is 2.34. The number of halogens is 2. The molecule has 2 heterocycles. The van der Waals surface area contributed by atoms with E-state index in [-0.39, 0.29) is 16.2 Å². The van der Waals surface area contributed by atoms with E-state index in [0.717, 1.165) is 0 Å². The summed E-state index contributed by atoms with van der Waals surface area (Å²) >= 11 is 5.63. The van der Waals surface area contributed by atoms with E-state index in [0.29, 0.717) is 11.3 Å². The largest absolute Gasteiger partial charge is 0.507 e. The summed E-state index contributed by atoms with van der Waals surface area (Å²) < 4.78 is 14.8. The molecule has 3 aromatic rings. The van der Waals surface area contributed by atoms with E-state index < -0.39 is 17.5 Å². The van der Waals surface area contributed by atoms with Crippen molar-refractivity contribution in [1.29, 1.82) is 0 Å². The first kappa shape index (κ1) is 13.3. The van der Waals surface area contributed by atoms with E-state index in [1.54, 1.807) is 6.07 Å². The Morgan fingerprint density at radius 2 is 2.14 bits per heavy atom. The van der Waals surface area contributed by atoms with Crippen molar-refractivity contribution in [2.75, 3.05) is 0 Å². The van der Waals surface area contributed by atoms with Crippen LogP contribution in [0.5, 0.6) is 5.75 Å². The number of rotatable bonds is 2. The molecule has 105 valence electrons. The molecular formula is C13H7ClFN4O2. The van der Waals surface area contributed by atoms with E-state index in [1.807, 2.05) is 0 Å². The van der Waals surface area contributed by atoms with Crippen molar-refractivity contribution in [2.24, 2.45) is 0 Å². The second-order valence-electron chi connectivity index (χ2n) is 4.24. The van der Waals surface area contributed by atoms with Gasteiger partial charge in [-0.3, -0.25) is 10.5 Å². The van der Waals surface area contributed by atoms with Crippen LogP contribution in [-0.4, -0.2) is 25.6 Å². The van der Waals surface area contributed by atoms with E-state index in [9.17, 15) is 14.3 Å². The van der Waals surface area contributed by atoms with Crippen molar-refractivity contribution in [2.45, 2.75) is 0 Å². The molecule has 0 saturated carbocycles. The van der Waals surface area contributed by atoms with E-state index in [1.165, 1.54) is 29.0 Å². The number of nitrogens with zero attached hydrogens (tertiary/aromatic N) is 3. The van der Waals surface area contributed by atoms with Gasteiger partial charge in [0, 0.05) is 11.6 Å². The molecule has 1 amide bonds. The van der Waals surface area contributed by atoms with Crippen LogP contribution in [0.3, 0.4) is 0 Å². The number of carbonyl (C=O) groups is 1. The fourth-order valence-corrected chi connectivity index (χ4v) is 2.16. The molecule has 0 aliphatic carbocycles. The summed E-state index contributed by atoms with van der Waals surface area (Å²) in [6, 6.07) is 5.33. The summed E-state index contributed by atoms with van der Waals surface area (Å²) in [5.41, 5.74) is 7.64. The lowest BCUT2D eigenvalue weighted by atomic mass is 10.1. The minimum absolute atomic E-state index is 0.0281. The molecule has 0 aliphatic rings. The Hall–Kier alpha value is -2.67. The molecule has 1 aromatic carbocycles. The van der Waals surface area contributed by atoms with Crippen LogP contribution < -0.4 is 5.73 Å². The number of benzene rings is 1. The average molecular weight is 306 g/mol. The number of aromatic nitrogens is 3. The zero-order valence-electron chi connectivity index (χ0n) is 10.3. The molecule has 1 radical (unpaired) electrons. The Kier molecular flexibility index (Phi) is 2.99. The molecule has 21 heavy (non-hydrogen) atoms. The summed E-state index contributed by atoms with van der Waals surface area (Å²) in [5, 5.41) is 13.8. The minimum Gasteiger partial charge on any atom is -0.507 e. The molecule has 0 unspecified atom stereocenters. The number of aromatic hydroxyl groups is 1. The first-order valence-corrected chi connectivity index (χ1v) is 6.14. The third kappa shape index (κ3) is 2.07. The second kappa shape index (κ2) is 4.71. The minimum atomic E-state index is -1.08. The van der Waals surface area contributed by atoms with Crippen LogP contribution in [0, 0.1) is 5.82 Å². The predicted octanol–water partition coefficient (Wildman–Crippen LogP) is 2.32. The highest BCUT2D eigenvalue weighted by molar-refractivity contribution is 6.30. The highest BCUT2D eigenvalue weighted by Crippen LogP contribution is 2.30.